The molecule has 3 aromatic heterocycles. The van der Waals surface area contributed by atoms with Gasteiger partial charge in [0.1, 0.15) is 11.8 Å². The van der Waals surface area contributed by atoms with Gasteiger partial charge < -0.3 is 14.1 Å². The van der Waals surface area contributed by atoms with Crippen LogP contribution >= 0.6 is 0 Å². The summed E-state index contributed by atoms with van der Waals surface area (Å²) in [5, 5.41) is 14.0. The number of rotatable bonds is 9. The van der Waals surface area contributed by atoms with Gasteiger partial charge in [0, 0.05) is 18.7 Å². The summed E-state index contributed by atoms with van der Waals surface area (Å²) in [6.07, 6.45) is 4.56. The zero-order valence-corrected chi connectivity index (χ0v) is 22.3. The number of aromatic amines is 1. The summed E-state index contributed by atoms with van der Waals surface area (Å²) in [6, 6.07) is 9.52. The summed E-state index contributed by atoms with van der Waals surface area (Å²) < 4.78 is 13.7. The van der Waals surface area contributed by atoms with Gasteiger partial charge in [0.2, 0.25) is 0 Å². The Labute approximate surface area is 216 Å². The van der Waals surface area contributed by atoms with Crippen LogP contribution in [-0.2, 0) is 16.8 Å². The van der Waals surface area contributed by atoms with Crippen molar-refractivity contribution < 1.29 is 9.15 Å². The molecule has 0 aliphatic carbocycles. The molecule has 37 heavy (non-hydrogen) atoms. The molecule has 0 bridgehead atoms. The molecule has 9 nitrogen and oxygen atoms in total. The fourth-order valence-electron chi connectivity index (χ4n) is 5.27. The lowest BCUT2D eigenvalue weighted by atomic mass is 9.98. The molecule has 0 saturated carbocycles. The van der Waals surface area contributed by atoms with Gasteiger partial charge in [-0.2, -0.15) is 0 Å². The van der Waals surface area contributed by atoms with Crippen LogP contribution in [0.3, 0.4) is 0 Å². The zero-order chi connectivity index (χ0) is 26.2. The predicted octanol–water partition coefficient (Wildman–Crippen LogP) is 4.64. The third-order valence-corrected chi connectivity index (χ3v) is 7.56. The first kappa shape index (κ1) is 25.4. The number of nitrogens with zero attached hydrogens (tertiary/aromatic N) is 5. The molecule has 0 unspecified atom stereocenters. The van der Waals surface area contributed by atoms with Gasteiger partial charge in [-0.1, -0.05) is 18.6 Å². The van der Waals surface area contributed by atoms with Gasteiger partial charge >= 0.3 is 0 Å². The van der Waals surface area contributed by atoms with E-state index in [1.54, 1.807) is 6.26 Å². The molecule has 0 spiro atoms. The maximum Gasteiger partial charge on any atom is 0.253 e. The standard InChI is InChI=1S/C28H36N6O3/c1-6-28(4,5)34-26(30-31-32-34)25(23-15-20-14-18(2)13-19(3)24(20)29-27(23)35)33(16-21-9-7-11-36-21)17-22-10-8-12-37-22/h7,9,11,13-15,22,25H,6,8,10,12,16-17H2,1-5H3,(H,29,35)/t22-,25-/m1/s1. The van der Waals surface area contributed by atoms with E-state index < -0.39 is 6.04 Å². The van der Waals surface area contributed by atoms with Crippen LogP contribution in [0.15, 0.2) is 45.8 Å². The van der Waals surface area contributed by atoms with Crippen LogP contribution in [0.25, 0.3) is 10.9 Å². The third-order valence-electron chi connectivity index (χ3n) is 7.56. The number of H-pyrrole nitrogens is 1. The highest BCUT2D eigenvalue weighted by Crippen LogP contribution is 2.33. The lowest BCUT2D eigenvalue weighted by Crippen LogP contribution is -2.41. The van der Waals surface area contributed by atoms with Gasteiger partial charge in [-0.15, -0.1) is 5.10 Å². The zero-order valence-electron chi connectivity index (χ0n) is 22.3. The third kappa shape index (κ3) is 5.10. The Morgan fingerprint density at radius 3 is 2.81 bits per heavy atom. The summed E-state index contributed by atoms with van der Waals surface area (Å²) in [6.45, 7) is 12.3. The van der Waals surface area contributed by atoms with Crippen LogP contribution in [0.2, 0.25) is 0 Å². The minimum absolute atomic E-state index is 0.0602. The maximum absolute atomic E-state index is 13.8. The van der Waals surface area contributed by atoms with E-state index in [-0.39, 0.29) is 17.2 Å². The van der Waals surface area contributed by atoms with E-state index in [0.29, 0.717) is 24.5 Å². The molecule has 5 rings (SSSR count). The quantitative estimate of drug-likeness (QED) is 0.354. The Balaban J connectivity index is 1.72. The maximum atomic E-state index is 13.8. The van der Waals surface area contributed by atoms with E-state index in [0.717, 1.165) is 53.7 Å². The topological polar surface area (TPSA) is 102 Å². The van der Waals surface area contributed by atoms with Crippen molar-refractivity contribution in [3.8, 4) is 0 Å². The van der Waals surface area contributed by atoms with Gasteiger partial charge in [-0.25, -0.2) is 4.68 Å². The van der Waals surface area contributed by atoms with E-state index in [9.17, 15) is 4.79 Å². The number of furan rings is 1. The van der Waals surface area contributed by atoms with Crippen LogP contribution in [0.5, 0.6) is 0 Å². The van der Waals surface area contributed by atoms with E-state index in [4.69, 9.17) is 9.15 Å². The lowest BCUT2D eigenvalue weighted by molar-refractivity contribution is 0.0534. The second kappa shape index (κ2) is 10.2. The fraction of sp³-hybridized carbons (Fsp3) is 0.500. The van der Waals surface area contributed by atoms with Crippen LogP contribution in [0, 0.1) is 13.8 Å². The second-order valence-corrected chi connectivity index (χ2v) is 10.8. The molecular weight excluding hydrogens is 468 g/mol. The van der Waals surface area contributed by atoms with Crippen LogP contribution in [0.1, 0.15) is 74.4 Å². The van der Waals surface area contributed by atoms with Crippen LogP contribution in [-0.4, -0.2) is 49.3 Å². The Morgan fingerprint density at radius 1 is 1.27 bits per heavy atom. The highest BCUT2D eigenvalue weighted by molar-refractivity contribution is 5.83. The number of benzene rings is 1. The largest absolute Gasteiger partial charge is 0.468 e. The van der Waals surface area contributed by atoms with Crippen molar-refractivity contribution in [2.24, 2.45) is 0 Å². The number of nitrogens with one attached hydrogen (secondary N) is 1. The van der Waals surface area contributed by atoms with E-state index >= 15 is 0 Å². The van der Waals surface area contributed by atoms with Crippen molar-refractivity contribution in [2.45, 2.75) is 78.1 Å². The van der Waals surface area contributed by atoms with E-state index in [2.05, 4.69) is 65.2 Å². The van der Waals surface area contributed by atoms with Crippen LogP contribution < -0.4 is 5.56 Å². The molecule has 2 atom stereocenters. The molecule has 1 fully saturated rings. The normalized spacial score (nSPS) is 17.2. The smallest absolute Gasteiger partial charge is 0.253 e. The van der Waals surface area contributed by atoms with Crippen molar-refractivity contribution >= 4 is 10.9 Å². The number of ether oxygens (including phenoxy) is 1. The molecule has 1 saturated heterocycles. The molecule has 196 valence electrons. The lowest BCUT2D eigenvalue weighted by Gasteiger charge is -2.34. The Hall–Kier alpha value is -3.30. The molecule has 9 heteroatoms. The van der Waals surface area contributed by atoms with Crippen molar-refractivity contribution in [1.82, 2.24) is 30.1 Å². The summed E-state index contributed by atoms with van der Waals surface area (Å²) >= 11 is 0. The summed E-state index contributed by atoms with van der Waals surface area (Å²) in [5.74, 6) is 1.44. The van der Waals surface area contributed by atoms with Gasteiger partial charge in [0.05, 0.1) is 30.0 Å². The molecule has 4 aromatic rings. The molecule has 1 N–H and O–H groups in total. The fourth-order valence-corrected chi connectivity index (χ4v) is 5.27. The average molecular weight is 505 g/mol. The van der Waals surface area contributed by atoms with E-state index in [1.807, 2.05) is 29.8 Å². The first-order valence-corrected chi connectivity index (χ1v) is 13.1. The molecule has 1 aliphatic rings. The van der Waals surface area contributed by atoms with Gasteiger partial charge in [-0.05, 0) is 92.6 Å². The Bertz CT molecular complexity index is 1420. The van der Waals surface area contributed by atoms with Gasteiger partial charge in [0.15, 0.2) is 5.82 Å². The first-order valence-electron chi connectivity index (χ1n) is 13.1. The summed E-state index contributed by atoms with van der Waals surface area (Å²) in [7, 11) is 0. The number of aryl methyl sites for hydroxylation is 2. The predicted molar refractivity (Wildman–Crippen MR) is 141 cm³/mol. The molecule has 1 aliphatic heterocycles. The minimum Gasteiger partial charge on any atom is -0.468 e. The number of pyridine rings is 1. The number of tetrazole rings is 1. The van der Waals surface area contributed by atoms with Gasteiger partial charge in [0.25, 0.3) is 5.56 Å². The van der Waals surface area contributed by atoms with Crippen molar-refractivity contribution in [1.29, 1.82) is 0 Å². The van der Waals surface area contributed by atoms with Gasteiger partial charge in [-0.3, -0.25) is 9.69 Å². The highest BCUT2D eigenvalue weighted by atomic mass is 16.5. The first-order chi connectivity index (χ1) is 17.8. The number of hydrogen-bond donors (Lipinski definition) is 1. The van der Waals surface area contributed by atoms with Crippen molar-refractivity contribution in [2.75, 3.05) is 13.2 Å². The van der Waals surface area contributed by atoms with Crippen molar-refractivity contribution in [3.63, 3.8) is 0 Å². The number of fused-ring (bicyclic) bond motifs is 1. The number of hydrogen-bond acceptors (Lipinski definition) is 7. The minimum atomic E-state index is -0.510. The monoisotopic (exact) mass is 504 g/mol. The Morgan fingerprint density at radius 2 is 2.11 bits per heavy atom. The highest BCUT2D eigenvalue weighted by Gasteiger charge is 2.36. The van der Waals surface area contributed by atoms with Crippen LogP contribution in [0.4, 0.5) is 0 Å². The number of aromatic nitrogens is 5. The molecule has 0 amide bonds. The van der Waals surface area contributed by atoms with E-state index in [1.165, 1.54) is 0 Å². The molecule has 4 heterocycles. The molecule has 1 aromatic carbocycles. The summed E-state index contributed by atoms with van der Waals surface area (Å²) in [5.41, 5.74) is 3.15. The molecule has 0 radical (unpaired) electrons. The SMILES string of the molecule is CCC(C)(C)n1nnnc1[C@@H](c1cc2cc(C)cc(C)c2[nH]c1=O)N(Cc1ccco1)C[C@H]1CCCO1. The second-order valence-electron chi connectivity index (χ2n) is 10.8. The average Bonchev–Trinajstić information content (AvgIpc) is 3.64. The summed E-state index contributed by atoms with van der Waals surface area (Å²) in [4.78, 5) is 19.2. The van der Waals surface area contributed by atoms with Crippen molar-refractivity contribution in [3.05, 3.63) is 75.2 Å². The Kier molecular flexibility index (Phi) is 7.00. The molecular formula is C28H36N6O3.